The van der Waals surface area contributed by atoms with Gasteiger partial charge in [-0.15, -0.1) is 0 Å². The van der Waals surface area contributed by atoms with E-state index in [0.29, 0.717) is 6.54 Å². The summed E-state index contributed by atoms with van der Waals surface area (Å²) in [6.45, 7) is 2.31. The molecule has 0 spiro atoms. The molecule has 21 heavy (non-hydrogen) atoms. The number of aliphatic hydroxyl groups excluding tert-OH is 1. The van der Waals surface area contributed by atoms with E-state index in [1.165, 1.54) is 0 Å². The molecule has 0 aromatic heterocycles. The second-order valence-corrected chi connectivity index (χ2v) is 5.32. The molecule has 4 heteroatoms. The first kappa shape index (κ1) is 15.6. The average Bonchev–Trinajstić information content (AvgIpc) is 2.92. The van der Waals surface area contributed by atoms with Crippen LogP contribution in [0.2, 0.25) is 0 Å². The van der Waals surface area contributed by atoms with Crippen molar-refractivity contribution in [3.05, 3.63) is 35.4 Å². The molecule has 2 unspecified atom stereocenters. The third kappa shape index (κ3) is 4.07. The Labute approximate surface area is 125 Å². The van der Waals surface area contributed by atoms with Crippen molar-refractivity contribution in [2.24, 2.45) is 0 Å². The second kappa shape index (κ2) is 7.26. The number of aliphatic hydroxyl groups is 1. The highest BCUT2D eigenvalue weighted by Gasteiger charge is 2.30. The lowest BCUT2D eigenvalue weighted by molar-refractivity contribution is -0.141. The first-order chi connectivity index (χ1) is 10.1. The van der Waals surface area contributed by atoms with Gasteiger partial charge < -0.3 is 14.7 Å². The Kier molecular flexibility index (Phi) is 5.38. The van der Waals surface area contributed by atoms with E-state index < -0.39 is 0 Å². The van der Waals surface area contributed by atoms with Crippen molar-refractivity contribution in [1.82, 2.24) is 4.90 Å². The average molecular weight is 287 g/mol. The topological polar surface area (TPSA) is 49.8 Å². The van der Waals surface area contributed by atoms with Gasteiger partial charge in [-0.1, -0.05) is 30.0 Å². The molecule has 1 aromatic rings. The highest BCUT2D eigenvalue weighted by atomic mass is 16.5. The monoisotopic (exact) mass is 287 g/mol. The Morgan fingerprint density at radius 2 is 2.19 bits per heavy atom. The smallest absolute Gasteiger partial charge is 0.251 e. The Bertz CT molecular complexity index is 559. The van der Waals surface area contributed by atoms with E-state index in [4.69, 9.17) is 9.84 Å². The molecule has 0 radical (unpaired) electrons. The third-order valence-electron chi connectivity index (χ3n) is 3.61. The van der Waals surface area contributed by atoms with Crippen molar-refractivity contribution in [2.75, 3.05) is 13.7 Å². The van der Waals surface area contributed by atoms with E-state index in [1.807, 2.05) is 31.2 Å². The van der Waals surface area contributed by atoms with E-state index in [1.54, 1.807) is 11.9 Å². The lowest BCUT2D eigenvalue weighted by Crippen LogP contribution is -2.36. The number of hydrogen-bond acceptors (Lipinski definition) is 3. The zero-order valence-corrected chi connectivity index (χ0v) is 12.5. The maximum absolute atomic E-state index is 12.3. The molecule has 1 N–H and O–H groups in total. The predicted molar refractivity (Wildman–Crippen MR) is 80.4 cm³/mol. The molecule has 2 atom stereocenters. The number of carbonyl (C=O) groups excluding carboxylic acids is 1. The molecular formula is C17H21NO3. The van der Waals surface area contributed by atoms with Gasteiger partial charge in [-0.2, -0.15) is 0 Å². The quantitative estimate of drug-likeness (QED) is 0.858. The van der Waals surface area contributed by atoms with Crippen LogP contribution in [0.1, 0.15) is 30.9 Å². The summed E-state index contributed by atoms with van der Waals surface area (Å²) in [5.41, 5.74) is 1.81. The minimum absolute atomic E-state index is 0.0178. The van der Waals surface area contributed by atoms with Crippen molar-refractivity contribution in [3.8, 4) is 11.8 Å². The van der Waals surface area contributed by atoms with Gasteiger partial charge in [0.1, 0.15) is 12.7 Å². The molecule has 1 aliphatic heterocycles. The summed E-state index contributed by atoms with van der Waals surface area (Å²) in [6, 6.07) is 7.66. The SMILES string of the molecule is CC1CCC(C(=O)N(C)Cc2ccccc2C#CCO)O1. The van der Waals surface area contributed by atoms with Crippen molar-refractivity contribution in [3.63, 3.8) is 0 Å². The third-order valence-corrected chi connectivity index (χ3v) is 3.61. The van der Waals surface area contributed by atoms with Crippen LogP contribution >= 0.6 is 0 Å². The minimum Gasteiger partial charge on any atom is -0.384 e. The normalized spacial score (nSPS) is 20.7. The van der Waals surface area contributed by atoms with Crippen molar-refractivity contribution >= 4 is 5.91 Å². The molecular weight excluding hydrogens is 266 g/mol. The van der Waals surface area contributed by atoms with Crippen LogP contribution in [-0.2, 0) is 16.1 Å². The summed E-state index contributed by atoms with van der Waals surface area (Å²) >= 11 is 0. The fraction of sp³-hybridized carbons (Fsp3) is 0.471. The van der Waals surface area contributed by atoms with Gasteiger partial charge >= 0.3 is 0 Å². The van der Waals surface area contributed by atoms with Crippen LogP contribution in [0.5, 0.6) is 0 Å². The van der Waals surface area contributed by atoms with Gasteiger partial charge in [-0.3, -0.25) is 4.79 Å². The van der Waals surface area contributed by atoms with Crippen molar-refractivity contribution in [2.45, 2.75) is 38.5 Å². The largest absolute Gasteiger partial charge is 0.384 e. The fourth-order valence-corrected chi connectivity index (χ4v) is 2.48. The number of rotatable bonds is 3. The molecule has 112 valence electrons. The molecule has 0 bridgehead atoms. The van der Waals surface area contributed by atoms with E-state index in [0.717, 1.165) is 24.0 Å². The number of likely N-dealkylation sites (N-methyl/N-ethyl adjacent to an activating group) is 1. The first-order valence-electron chi connectivity index (χ1n) is 7.20. The van der Waals surface area contributed by atoms with Crippen LogP contribution in [0.15, 0.2) is 24.3 Å². The van der Waals surface area contributed by atoms with Gasteiger partial charge in [0.25, 0.3) is 5.91 Å². The zero-order chi connectivity index (χ0) is 15.2. The van der Waals surface area contributed by atoms with E-state index in [9.17, 15) is 4.79 Å². The molecule has 1 fully saturated rings. The summed E-state index contributed by atoms with van der Waals surface area (Å²) in [5, 5.41) is 8.80. The maximum Gasteiger partial charge on any atom is 0.251 e. The number of nitrogens with zero attached hydrogens (tertiary/aromatic N) is 1. The number of hydrogen-bond donors (Lipinski definition) is 1. The Hall–Kier alpha value is -1.83. The van der Waals surface area contributed by atoms with E-state index >= 15 is 0 Å². The molecule has 4 nitrogen and oxygen atoms in total. The summed E-state index contributed by atoms with van der Waals surface area (Å²) in [6.07, 6.45) is 1.56. The van der Waals surface area contributed by atoms with Gasteiger partial charge in [-0.05, 0) is 31.4 Å². The Morgan fingerprint density at radius 3 is 2.86 bits per heavy atom. The summed E-state index contributed by atoms with van der Waals surface area (Å²) in [5.74, 6) is 5.58. The first-order valence-corrected chi connectivity index (χ1v) is 7.20. The maximum atomic E-state index is 12.3. The number of carbonyl (C=O) groups is 1. The van der Waals surface area contributed by atoms with Gasteiger partial charge in [0.05, 0.1) is 6.10 Å². The molecule has 0 saturated carbocycles. The Morgan fingerprint density at radius 1 is 1.43 bits per heavy atom. The van der Waals surface area contributed by atoms with E-state index in [2.05, 4.69) is 11.8 Å². The van der Waals surface area contributed by atoms with Crippen LogP contribution in [-0.4, -0.2) is 41.8 Å². The number of benzene rings is 1. The van der Waals surface area contributed by atoms with Crippen LogP contribution < -0.4 is 0 Å². The molecule has 1 aliphatic rings. The summed E-state index contributed by atoms with van der Waals surface area (Å²) in [7, 11) is 1.78. The van der Waals surface area contributed by atoms with Gasteiger partial charge in [-0.25, -0.2) is 0 Å². The predicted octanol–water partition coefficient (Wildman–Crippen LogP) is 1.56. The van der Waals surface area contributed by atoms with Crippen molar-refractivity contribution in [1.29, 1.82) is 0 Å². The second-order valence-electron chi connectivity index (χ2n) is 5.32. The zero-order valence-electron chi connectivity index (χ0n) is 12.5. The highest BCUT2D eigenvalue weighted by molar-refractivity contribution is 5.81. The lowest BCUT2D eigenvalue weighted by Gasteiger charge is -2.21. The van der Waals surface area contributed by atoms with Crippen molar-refractivity contribution < 1.29 is 14.6 Å². The fourth-order valence-electron chi connectivity index (χ4n) is 2.48. The minimum atomic E-state index is -0.319. The summed E-state index contributed by atoms with van der Waals surface area (Å²) < 4.78 is 5.62. The van der Waals surface area contributed by atoms with Gasteiger partial charge in [0, 0.05) is 19.2 Å². The van der Waals surface area contributed by atoms with Crippen LogP contribution in [0.3, 0.4) is 0 Å². The molecule has 1 heterocycles. The Balaban J connectivity index is 2.05. The van der Waals surface area contributed by atoms with Crippen LogP contribution in [0, 0.1) is 11.8 Å². The molecule has 0 aliphatic carbocycles. The highest BCUT2D eigenvalue weighted by Crippen LogP contribution is 2.21. The van der Waals surface area contributed by atoms with Crippen LogP contribution in [0.4, 0.5) is 0 Å². The molecule has 1 saturated heterocycles. The standard InChI is InChI=1S/C17H21NO3/c1-13-9-10-16(21-13)17(20)18(2)12-15-7-4-3-6-14(15)8-5-11-19/h3-4,6-7,13,16,19H,9-12H2,1-2H3. The molecule has 1 amide bonds. The molecule has 2 rings (SSSR count). The van der Waals surface area contributed by atoms with E-state index in [-0.39, 0.29) is 24.7 Å². The summed E-state index contributed by atoms with van der Waals surface area (Å²) in [4.78, 5) is 14.0. The molecule has 1 aromatic carbocycles. The van der Waals surface area contributed by atoms with Crippen LogP contribution in [0.25, 0.3) is 0 Å². The number of ether oxygens (including phenoxy) is 1. The lowest BCUT2D eigenvalue weighted by atomic mass is 10.1. The van der Waals surface area contributed by atoms with Gasteiger partial charge in [0.15, 0.2) is 0 Å². The number of amides is 1. The van der Waals surface area contributed by atoms with Gasteiger partial charge in [0.2, 0.25) is 0 Å².